The van der Waals surface area contributed by atoms with Gasteiger partial charge in [-0.2, -0.15) is 60.5 Å². The molecule has 0 saturated carbocycles. The highest BCUT2D eigenvalue weighted by atomic mass is 32.2. The summed E-state index contributed by atoms with van der Waals surface area (Å²) in [5.74, 6) is 0.360. The quantitative estimate of drug-likeness (QED) is 0.0483. The summed E-state index contributed by atoms with van der Waals surface area (Å²) in [6.45, 7) is 0. The van der Waals surface area contributed by atoms with Gasteiger partial charge in [0, 0.05) is 0 Å². The Kier molecular flexibility index (Phi) is 16.0. The fourth-order valence-corrected chi connectivity index (χ4v) is 10.4. The molecule has 8 rings (SSSR count). The third kappa shape index (κ3) is 14.7. The van der Waals surface area contributed by atoms with Gasteiger partial charge in [0.25, 0.3) is 60.7 Å². The van der Waals surface area contributed by atoms with Gasteiger partial charge in [0.1, 0.15) is 31.1 Å². The summed E-state index contributed by atoms with van der Waals surface area (Å²) in [4.78, 5) is 30.0. The van der Waals surface area contributed by atoms with Crippen LogP contribution in [-0.4, -0.2) is 108 Å². The third-order valence-electron chi connectivity index (χ3n) is 10.2. The SMILES string of the molecule is O=S(=O)(O)c1ccc(S(=O)(=O)O)c(N=c2[nH]c(Oc3ccccc3)nc(=Nc3ccc(/C=C/c4ccc(N=c5nc(Oc6ccccc6)[nH]c(=Nc6cc(S(=O)(=O)O)ccc6S(=O)(=O)O)[nH]5)cc4S(=O)(=O)O)c(S(=O)(=O)O)c3)[nH]2)c1. The van der Waals surface area contributed by atoms with E-state index in [1.165, 1.54) is 36.4 Å². The summed E-state index contributed by atoms with van der Waals surface area (Å²) in [5, 5.41) is 0. The van der Waals surface area contributed by atoms with E-state index >= 15 is 0 Å². The molecule has 36 heteroatoms. The van der Waals surface area contributed by atoms with Gasteiger partial charge in [0.15, 0.2) is 0 Å². The van der Waals surface area contributed by atoms with Crippen molar-refractivity contribution in [1.29, 1.82) is 0 Å². The molecule has 0 aliphatic rings. The molecule has 0 aliphatic carbocycles. The van der Waals surface area contributed by atoms with Crippen molar-refractivity contribution in [1.82, 2.24) is 29.9 Å². The molecule has 0 bridgehead atoms. The number of aromatic nitrogens is 6. The normalized spacial score (nSPS) is 13.7. The molecule has 0 amide bonds. The second kappa shape index (κ2) is 22.2. The zero-order chi connectivity index (χ0) is 58.0. The summed E-state index contributed by atoms with van der Waals surface area (Å²) < 4.78 is 219. The van der Waals surface area contributed by atoms with Crippen molar-refractivity contribution in [3.63, 3.8) is 0 Å². The molecule has 0 saturated heterocycles. The van der Waals surface area contributed by atoms with Crippen molar-refractivity contribution in [2.24, 2.45) is 20.0 Å². The fraction of sp³-hybridized carbons (Fsp3) is 0. The number of H-pyrrole nitrogens is 4. The number of para-hydroxylation sites is 2. The molecule has 0 spiro atoms. The lowest BCUT2D eigenvalue weighted by molar-refractivity contribution is 0.431. The lowest BCUT2D eigenvalue weighted by Crippen LogP contribution is -2.27. The number of hydrogen-bond acceptors (Lipinski definition) is 20. The van der Waals surface area contributed by atoms with E-state index in [0.29, 0.717) is 36.4 Å². The zero-order valence-electron chi connectivity index (χ0n) is 39.4. The number of ether oxygens (including phenoxy) is 2. The van der Waals surface area contributed by atoms with Gasteiger partial charge >= 0.3 is 12.0 Å². The molecular weight excluding hydrogens is 1180 g/mol. The van der Waals surface area contributed by atoms with Gasteiger partial charge in [-0.15, -0.1) is 0 Å². The maximum Gasteiger partial charge on any atom is 0.305 e. The van der Waals surface area contributed by atoms with E-state index in [0.717, 1.165) is 36.4 Å². The zero-order valence-corrected chi connectivity index (χ0v) is 44.3. The van der Waals surface area contributed by atoms with Crippen molar-refractivity contribution in [2.75, 3.05) is 0 Å². The third-order valence-corrected chi connectivity index (χ3v) is 15.5. The molecule has 0 atom stereocenters. The predicted molar refractivity (Wildman–Crippen MR) is 273 cm³/mol. The molecule has 6 aromatic carbocycles. The number of nitrogens with zero attached hydrogens (tertiary/aromatic N) is 6. The van der Waals surface area contributed by atoms with Crippen LogP contribution in [0.1, 0.15) is 11.1 Å². The molecule has 0 unspecified atom stereocenters. The Morgan fingerprint density at radius 3 is 1.05 bits per heavy atom. The van der Waals surface area contributed by atoms with E-state index in [1.807, 2.05) is 0 Å². The highest BCUT2D eigenvalue weighted by Gasteiger charge is 2.23. The monoisotopic (exact) mass is 1210 g/mol. The fourth-order valence-electron chi connectivity index (χ4n) is 6.79. The van der Waals surface area contributed by atoms with Gasteiger partial charge in [0.05, 0.1) is 32.5 Å². The van der Waals surface area contributed by atoms with Crippen molar-refractivity contribution in [3.05, 3.63) is 167 Å². The maximum absolute atomic E-state index is 12.8. The standard InChI is InChI=1S/C44H34N10O20S6/c55-75(56,57)31-17-19-35(77(61,62)63)33(23-31)47-41-49-39(51-43(53-41)73-29-7-3-1-4-8-29)45-27-15-13-25(37(21-27)79(67,68)69)11-12-26-14-16-28(22-38(26)80(70,71)72)46-40-50-42(54-44(52-40)74-30-9-5-2-6-10-30)48-34-24-32(76(58,59)60)18-20-36(34)78(64,65)66/h1-24H,(H,55,56,57)(H,58,59,60)(H,61,62,63)(H,64,65,66)(H,67,68,69)(H,70,71,72)(H2,45,47,49,51,53)(H2,46,48,50,52,54)/b12-11+. The van der Waals surface area contributed by atoms with Crippen LogP contribution < -0.4 is 31.9 Å². The predicted octanol–water partition coefficient (Wildman–Crippen LogP) is 3.95. The van der Waals surface area contributed by atoms with Crippen LogP contribution in [0.2, 0.25) is 0 Å². The first-order chi connectivity index (χ1) is 37.3. The smallest absolute Gasteiger partial charge is 0.305 e. The Hall–Kier alpha value is -8.66. The van der Waals surface area contributed by atoms with Crippen LogP contribution in [0.25, 0.3) is 12.2 Å². The van der Waals surface area contributed by atoms with E-state index in [2.05, 4.69) is 49.9 Å². The average Bonchev–Trinajstić information content (AvgIpc) is 3.37. The molecule has 10 N–H and O–H groups in total. The lowest BCUT2D eigenvalue weighted by Gasteiger charge is -2.08. The van der Waals surface area contributed by atoms with Crippen LogP contribution in [0.5, 0.6) is 23.5 Å². The van der Waals surface area contributed by atoms with Crippen molar-refractivity contribution >= 4 is 95.6 Å². The number of aromatic amines is 4. The van der Waals surface area contributed by atoms with Crippen LogP contribution in [0.4, 0.5) is 22.7 Å². The van der Waals surface area contributed by atoms with Gasteiger partial charge in [-0.1, -0.05) is 60.7 Å². The van der Waals surface area contributed by atoms with Crippen molar-refractivity contribution in [3.8, 4) is 23.5 Å². The van der Waals surface area contributed by atoms with E-state index in [-0.39, 0.29) is 34.0 Å². The minimum absolute atomic E-state index is 0.180. The van der Waals surface area contributed by atoms with Crippen LogP contribution in [-0.2, 0) is 60.7 Å². The molecule has 0 aliphatic heterocycles. The first-order valence-corrected chi connectivity index (χ1v) is 30.1. The van der Waals surface area contributed by atoms with Gasteiger partial charge in [0.2, 0.25) is 22.5 Å². The summed E-state index contributed by atoms with van der Waals surface area (Å²) in [7, 11) is -30.4. The lowest BCUT2D eigenvalue weighted by atomic mass is 10.1. The maximum atomic E-state index is 12.8. The minimum atomic E-state index is -5.17. The Bertz CT molecular complexity index is 4530. The number of hydrogen-bond donors (Lipinski definition) is 10. The molecule has 8 aromatic rings. The number of benzene rings is 6. The summed E-state index contributed by atoms with van der Waals surface area (Å²) in [6.07, 6.45) is 2.07. The molecule has 416 valence electrons. The Morgan fingerprint density at radius 1 is 0.375 bits per heavy atom. The van der Waals surface area contributed by atoms with Gasteiger partial charge in [-0.05, 0) is 96.1 Å². The van der Waals surface area contributed by atoms with Gasteiger partial charge in [-0.25, -0.2) is 20.0 Å². The Morgan fingerprint density at radius 2 is 0.725 bits per heavy atom. The summed E-state index contributed by atoms with van der Waals surface area (Å²) in [6, 6.07) is 25.1. The highest BCUT2D eigenvalue weighted by Crippen LogP contribution is 2.31. The van der Waals surface area contributed by atoms with Gasteiger partial charge in [-0.3, -0.25) is 47.3 Å². The molecule has 2 aromatic heterocycles. The first kappa shape index (κ1) is 57.5. The van der Waals surface area contributed by atoms with Crippen molar-refractivity contribution in [2.45, 2.75) is 29.4 Å². The van der Waals surface area contributed by atoms with Crippen LogP contribution in [0.3, 0.4) is 0 Å². The topological polar surface area (TPSA) is 483 Å². The molecule has 2 heterocycles. The Labute approximate surface area is 450 Å². The second-order valence-electron chi connectivity index (χ2n) is 15.8. The van der Waals surface area contributed by atoms with E-state index in [9.17, 15) is 77.8 Å². The van der Waals surface area contributed by atoms with Crippen molar-refractivity contribution < 1.29 is 87.3 Å². The summed E-state index contributed by atoms with van der Waals surface area (Å²) >= 11 is 0. The molecule has 0 fully saturated rings. The van der Waals surface area contributed by atoms with Gasteiger partial charge < -0.3 is 9.47 Å². The van der Waals surface area contributed by atoms with Crippen LogP contribution in [0.15, 0.2) is 183 Å². The van der Waals surface area contributed by atoms with E-state index in [4.69, 9.17) is 9.47 Å². The molecule has 30 nitrogen and oxygen atoms in total. The Balaban J connectivity index is 1.21. The first-order valence-electron chi connectivity index (χ1n) is 21.5. The van der Waals surface area contributed by atoms with E-state index in [1.54, 1.807) is 36.4 Å². The number of rotatable bonds is 16. The second-order valence-corrected chi connectivity index (χ2v) is 24.2. The van der Waals surface area contributed by atoms with E-state index < -0.39 is 136 Å². The highest BCUT2D eigenvalue weighted by molar-refractivity contribution is 7.87. The number of nitrogens with one attached hydrogen (secondary N) is 4. The molecule has 80 heavy (non-hydrogen) atoms. The molecular formula is C44H34N10O20S6. The average molecular weight is 1220 g/mol. The summed E-state index contributed by atoms with van der Waals surface area (Å²) in [5.41, 5.74) is -4.47. The molecule has 0 radical (unpaired) electrons. The van der Waals surface area contributed by atoms with Crippen LogP contribution >= 0.6 is 0 Å². The largest absolute Gasteiger partial charge is 0.426 e. The van der Waals surface area contributed by atoms with Crippen LogP contribution in [0, 0.1) is 0 Å². The minimum Gasteiger partial charge on any atom is -0.426 e.